The van der Waals surface area contributed by atoms with E-state index in [9.17, 15) is 4.39 Å². The van der Waals surface area contributed by atoms with Gasteiger partial charge < -0.3 is 11.1 Å². The molecule has 1 fully saturated rings. The molecule has 2 aromatic rings. The lowest BCUT2D eigenvalue weighted by Gasteiger charge is -2.33. The van der Waals surface area contributed by atoms with E-state index in [1.807, 2.05) is 12.1 Å². The number of aryl methyl sites for hydroxylation is 1. The van der Waals surface area contributed by atoms with Crippen LogP contribution in [0.3, 0.4) is 0 Å². The molecule has 0 bridgehead atoms. The van der Waals surface area contributed by atoms with Crippen molar-refractivity contribution in [3.05, 3.63) is 65.0 Å². The Labute approximate surface area is 150 Å². The highest BCUT2D eigenvalue weighted by Crippen LogP contribution is 2.26. The van der Waals surface area contributed by atoms with Crippen LogP contribution in [0.2, 0.25) is 0 Å². The van der Waals surface area contributed by atoms with Gasteiger partial charge in [-0.1, -0.05) is 24.3 Å². The summed E-state index contributed by atoms with van der Waals surface area (Å²) in [4.78, 5) is 2.54. The van der Waals surface area contributed by atoms with Crippen LogP contribution >= 0.6 is 0 Å². The maximum atomic E-state index is 13.1. The Bertz CT molecular complexity index is 684. The molecule has 0 saturated carbocycles. The molecule has 1 atom stereocenters. The van der Waals surface area contributed by atoms with Crippen molar-refractivity contribution in [2.75, 3.05) is 25.1 Å². The van der Waals surface area contributed by atoms with Gasteiger partial charge in [-0.05, 0) is 73.5 Å². The summed E-state index contributed by atoms with van der Waals surface area (Å²) in [5, 5.41) is 3.28. The fourth-order valence-electron chi connectivity index (χ4n) is 3.83. The molecule has 0 radical (unpaired) electrons. The van der Waals surface area contributed by atoms with Crippen molar-refractivity contribution in [2.45, 2.75) is 32.7 Å². The van der Waals surface area contributed by atoms with Crippen LogP contribution in [0.4, 0.5) is 10.1 Å². The second-order valence-corrected chi connectivity index (χ2v) is 7.06. The Balaban J connectivity index is 1.65. The molecule has 1 saturated heterocycles. The Morgan fingerprint density at radius 1 is 1.20 bits per heavy atom. The van der Waals surface area contributed by atoms with Crippen molar-refractivity contribution in [2.24, 2.45) is 11.7 Å². The summed E-state index contributed by atoms with van der Waals surface area (Å²) in [6.07, 6.45) is 3.49. The minimum Gasteiger partial charge on any atom is -0.372 e. The summed E-state index contributed by atoms with van der Waals surface area (Å²) in [6.45, 7) is 5.79. The maximum Gasteiger partial charge on any atom is 0.123 e. The first-order valence-corrected chi connectivity index (χ1v) is 9.15. The normalized spacial score (nSPS) is 18.3. The SMILES string of the molecule is Cc1cccc(NCN)c1CN1CCCC(Cc2ccc(F)cc2)C1. The lowest BCUT2D eigenvalue weighted by Crippen LogP contribution is -2.36. The van der Waals surface area contributed by atoms with Crippen molar-refractivity contribution in [3.63, 3.8) is 0 Å². The largest absolute Gasteiger partial charge is 0.372 e. The number of rotatable bonds is 6. The number of piperidine rings is 1. The van der Waals surface area contributed by atoms with E-state index < -0.39 is 0 Å². The highest BCUT2D eigenvalue weighted by atomic mass is 19.1. The zero-order valence-electron chi connectivity index (χ0n) is 15.0. The summed E-state index contributed by atoms with van der Waals surface area (Å²) in [5.41, 5.74) is 10.7. The van der Waals surface area contributed by atoms with E-state index in [4.69, 9.17) is 5.73 Å². The third-order valence-electron chi connectivity index (χ3n) is 5.13. The van der Waals surface area contributed by atoms with E-state index in [1.54, 1.807) is 12.1 Å². The minimum absolute atomic E-state index is 0.159. The van der Waals surface area contributed by atoms with Gasteiger partial charge in [0.15, 0.2) is 0 Å². The summed E-state index contributed by atoms with van der Waals surface area (Å²) in [5.74, 6) is 0.475. The number of likely N-dealkylation sites (tertiary alicyclic amines) is 1. The number of nitrogens with zero attached hydrogens (tertiary/aromatic N) is 1. The fraction of sp³-hybridized carbons (Fsp3) is 0.429. The third kappa shape index (κ3) is 4.80. The zero-order chi connectivity index (χ0) is 17.6. The van der Waals surface area contributed by atoms with Gasteiger partial charge in [0, 0.05) is 18.8 Å². The molecule has 0 spiro atoms. The van der Waals surface area contributed by atoms with Gasteiger partial charge in [-0.3, -0.25) is 4.90 Å². The van der Waals surface area contributed by atoms with Crippen LogP contribution in [0.15, 0.2) is 42.5 Å². The van der Waals surface area contributed by atoms with Gasteiger partial charge in [-0.2, -0.15) is 0 Å². The van der Waals surface area contributed by atoms with Crippen LogP contribution in [-0.2, 0) is 13.0 Å². The first-order chi connectivity index (χ1) is 12.2. The van der Waals surface area contributed by atoms with Gasteiger partial charge in [0.1, 0.15) is 5.82 Å². The lowest BCUT2D eigenvalue weighted by molar-refractivity contribution is 0.167. The van der Waals surface area contributed by atoms with Gasteiger partial charge >= 0.3 is 0 Å². The molecule has 3 nitrogen and oxygen atoms in total. The smallest absolute Gasteiger partial charge is 0.123 e. The minimum atomic E-state index is -0.159. The van der Waals surface area contributed by atoms with Crippen LogP contribution in [0.5, 0.6) is 0 Å². The maximum absolute atomic E-state index is 13.1. The van der Waals surface area contributed by atoms with E-state index >= 15 is 0 Å². The zero-order valence-corrected chi connectivity index (χ0v) is 15.0. The average molecular weight is 341 g/mol. The molecule has 1 unspecified atom stereocenters. The highest BCUT2D eigenvalue weighted by Gasteiger charge is 2.21. The molecular formula is C21H28FN3. The van der Waals surface area contributed by atoms with Crippen molar-refractivity contribution >= 4 is 5.69 Å². The molecule has 3 rings (SSSR count). The van der Waals surface area contributed by atoms with Crippen molar-refractivity contribution < 1.29 is 4.39 Å². The molecule has 2 aromatic carbocycles. The Morgan fingerprint density at radius 2 is 2.00 bits per heavy atom. The van der Waals surface area contributed by atoms with Gasteiger partial charge in [0.25, 0.3) is 0 Å². The summed E-state index contributed by atoms with van der Waals surface area (Å²) in [7, 11) is 0. The molecule has 1 aliphatic heterocycles. The molecule has 25 heavy (non-hydrogen) atoms. The second kappa shape index (κ2) is 8.45. The number of hydrogen-bond acceptors (Lipinski definition) is 3. The summed E-state index contributed by atoms with van der Waals surface area (Å²) >= 11 is 0. The quantitative estimate of drug-likeness (QED) is 0.783. The van der Waals surface area contributed by atoms with Crippen LogP contribution in [0, 0.1) is 18.7 Å². The van der Waals surface area contributed by atoms with Gasteiger partial charge in [0.2, 0.25) is 0 Å². The molecule has 0 amide bonds. The van der Waals surface area contributed by atoms with Crippen molar-refractivity contribution in [1.82, 2.24) is 4.90 Å². The van der Waals surface area contributed by atoms with Crippen molar-refractivity contribution in [1.29, 1.82) is 0 Å². The molecule has 4 heteroatoms. The highest BCUT2D eigenvalue weighted by molar-refractivity contribution is 5.54. The molecule has 134 valence electrons. The van der Waals surface area contributed by atoms with E-state index in [0.717, 1.165) is 31.7 Å². The van der Waals surface area contributed by atoms with E-state index in [-0.39, 0.29) is 5.82 Å². The Morgan fingerprint density at radius 3 is 2.76 bits per heavy atom. The first kappa shape index (κ1) is 17.9. The number of nitrogens with one attached hydrogen (secondary N) is 1. The Kier molecular flexibility index (Phi) is 6.05. The lowest BCUT2D eigenvalue weighted by atomic mass is 9.91. The van der Waals surface area contributed by atoms with E-state index in [2.05, 4.69) is 35.3 Å². The van der Waals surface area contributed by atoms with E-state index in [0.29, 0.717) is 12.6 Å². The fourth-order valence-corrected chi connectivity index (χ4v) is 3.83. The van der Waals surface area contributed by atoms with Crippen LogP contribution in [0.25, 0.3) is 0 Å². The Hall–Kier alpha value is -1.91. The van der Waals surface area contributed by atoms with Crippen LogP contribution in [0.1, 0.15) is 29.5 Å². The van der Waals surface area contributed by atoms with Gasteiger partial charge in [-0.25, -0.2) is 4.39 Å². The second-order valence-electron chi connectivity index (χ2n) is 7.06. The third-order valence-corrected chi connectivity index (χ3v) is 5.13. The summed E-state index contributed by atoms with van der Waals surface area (Å²) in [6, 6.07) is 13.3. The van der Waals surface area contributed by atoms with E-state index in [1.165, 1.54) is 29.5 Å². The molecular weight excluding hydrogens is 313 g/mol. The van der Waals surface area contributed by atoms with Crippen LogP contribution < -0.4 is 11.1 Å². The standard InChI is InChI=1S/C21H28FN3/c1-16-4-2-6-21(24-15-23)20(16)14-25-11-3-5-18(13-25)12-17-7-9-19(22)10-8-17/h2,4,6-10,18,24H,3,5,11-15,23H2,1H3. The first-order valence-electron chi connectivity index (χ1n) is 9.15. The molecule has 1 aliphatic rings. The van der Waals surface area contributed by atoms with Crippen LogP contribution in [-0.4, -0.2) is 24.7 Å². The van der Waals surface area contributed by atoms with Crippen molar-refractivity contribution in [3.8, 4) is 0 Å². The summed E-state index contributed by atoms with van der Waals surface area (Å²) < 4.78 is 13.1. The molecule has 0 aromatic heterocycles. The molecule has 0 aliphatic carbocycles. The topological polar surface area (TPSA) is 41.3 Å². The number of benzene rings is 2. The molecule has 3 N–H and O–H groups in total. The average Bonchev–Trinajstić information content (AvgIpc) is 2.61. The predicted octanol–water partition coefficient (Wildman–Crippen LogP) is 3.92. The monoisotopic (exact) mass is 341 g/mol. The number of halogens is 1. The van der Waals surface area contributed by atoms with Gasteiger partial charge in [-0.15, -0.1) is 0 Å². The molecule has 1 heterocycles. The predicted molar refractivity (Wildman–Crippen MR) is 102 cm³/mol. The van der Waals surface area contributed by atoms with Gasteiger partial charge in [0.05, 0.1) is 6.67 Å². The number of hydrogen-bond donors (Lipinski definition) is 2. The number of anilines is 1. The number of nitrogens with two attached hydrogens (primary N) is 1.